The van der Waals surface area contributed by atoms with Gasteiger partial charge in [0, 0.05) is 30.9 Å². The number of ether oxygens (including phenoxy) is 1. The molecule has 0 bridgehead atoms. The van der Waals surface area contributed by atoms with Crippen LogP contribution in [-0.4, -0.2) is 71.8 Å². The zero-order valence-corrected chi connectivity index (χ0v) is 24.4. The number of fused-ring (bicyclic) bond motifs is 1. The first kappa shape index (κ1) is 34.9. The number of anilines is 3. The molecule has 3 aromatic rings. The Labute approximate surface area is 258 Å². The van der Waals surface area contributed by atoms with Crippen LogP contribution < -0.4 is 20.7 Å². The molecule has 1 amide bonds. The number of carboxylic acids is 1. The first-order valence-corrected chi connectivity index (χ1v) is 13.4. The van der Waals surface area contributed by atoms with Gasteiger partial charge in [0.2, 0.25) is 5.91 Å². The Morgan fingerprint density at radius 3 is 2.42 bits per heavy atom. The number of aliphatic carboxylic acids is 1. The number of rotatable bonds is 8. The van der Waals surface area contributed by atoms with Crippen molar-refractivity contribution < 1.29 is 45.8 Å². The van der Waals surface area contributed by atoms with Crippen molar-refractivity contribution in [1.29, 1.82) is 0 Å². The summed E-state index contributed by atoms with van der Waals surface area (Å²) in [5.74, 6) is -1.69. The topological polar surface area (TPSA) is 129 Å². The number of amides is 1. The molecular formula is C28H27ClF6N6O4. The predicted molar refractivity (Wildman–Crippen MR) is 155 cm³/mol. The normalized spacial score (nSPS) is 12.9. The van der Waals surface area contributed by atoms with Gasteiger partial charge in [-0.2, -0.15) is 26.3 Å². The van der Waals surface area contributed by atoms with Gasteiger partial charge >= 0.3 is 18.3 Å². The minimum Gasteiger partial charge on any atom is -0.475 e. The second-order valence-electron chi connectivity index (χ2n) is 9.59. The number of carbonyl (C=O) groups excluding carboxylic acids is 1. The number of alkyl halides is 6. The number of halogens is 7. The van der Waals surface area contributed by atoms with Crippen molar-refractivity contribution in [2.45, 2.75) is 18.8 Å². The molecule has 2 aromatic carbocycles. The Bertz CT molecular complexity index is 1550. The molecule has 0 saturated heterocycles. The summed E-state index contributed by atoms with van der Waals surface area (Å²) in [5, 5.41) is 16.6. The van der Waals surface area contributed by atoms with Gasteiger partial charge in [0.05, 0.1) is 16.1 Å². The third kappa shape index (κ3) is 10.5. The van der Waals surface area contributed by atoms with E-state index in [1.807, 2.05) is 19.0 Å². The zero-order valence-electron chi connectivity index (χ0n) is 23.7. The van der Waals surface area contributed by atoms with Crippen LogP contribution in [0.5, 0.6) is 11.5 Å². The average molecular weight is 661 g/mol. The largest absolute Gasteiger partial charge is 0.490 e. The van der Waals surface area contributed by atoms with Crippen LogP contribution in [0.2, 0.25) is 5.02 Å². The van der Waals surface area contributed by atoms with E-state index in [1.54, 1.807) is 24.3 Å². The minimum atomic E-state index is -5.08. The van der Waals surface area contributed by atoms with Crippen LogP contribution in [0, 0.1) is 0 Å². The van der Waals surface area contributed by atoms with Crippen molar-refractivity contribution in [3.8, 4) is 11.5 Å². The summed E-state index contributed by atoms with van der Waals surface area (Å²) in [6.07, 6.45) is -5.90. The molecule has 0 fully saturated rings. The monoisotopic (exact) mass is 660 g/mol. The molecule has 4 rings (SSSR count). The van der Waals surface area contributed by atoms with Gasteiger partial charge in [-0.1, -0.05) is 17.7 Å². The van der Waals surface area contributed by atoms with Crippen LogP contribution in [0.4, 0.5) is 43.7 Å². The maximum Gasteiger partial charge on any atom is 0.490 e. The Kier molecular flexibility index (Phi) is 11.6. The van der Waals surface area contributed by atoms with Gasteiger partial charge in [-0.15, -0.1) is 0 Å². The lowest BCUT2D eigenvalue weighted by Crippen LogP contribution is -2.32. The number of nitrogens with one attached hydrogen (secondary N) is 3. The van der Waals surface area contributed by atoms with Gasteiger partial charge in [-0.05, 0) is 63.0 Å². The van der Waals surface area contributed by atoms with Gasteiger partial charge in [-0.25, -0.2) is 14.8 Å². The van der Waals surface area contributed by atoms with Gasteiger partial charge in [0.15, 0.2) is 0 Å². The third-order valence-corrected chi connectivity index (χ3v) is 6.15. The molecule has 0 atom stereocenters. The fourth-order valence-corrected chi connectivity index (χ4v) is 3.90. The van der Waals surface area contributed by atoms with E-state index in [-0.39, 0.29) is 22.4 Å². The molecule has 0 saturated carbocycles. The zero-order chi connectivity index (χ0) is 33.4. The number of aromatic nitrogens is 2. The fraction of sp³-hybridized carbons (Fsp3) is 0.286. The lowest BCUT2D eigenvalue weighted by Gasteiger charge is -2.14. The molecular weight excluding hydrogens is 634 g/mol. The Morgan fingerprint density at radius 1 is 1.09 bits per heavy atom. The molecule has 1 aliphatic heterocycles. The van der Waals surface area contributed by atoms with E-state index in [0.29, 0.717) is 48.0 Å². The van der Waals surface area contributed by atoms with E-state index in [9.17, 15) is 31.1 Å². The van der Waals surface area contributed by atoms with E-state index in [1.165, 1.54) is 18.5 Å². The molecule has 10 nitrogen and oxygen atoms in total. The van der Waals surface area contributed by atoms with Gasteiger partial charge in [0.1, 0.15) is 29.5 Å². The van der Waals surface area contributed by atoms with Gasteiger partial charge < -0.3 is 30.7 Å². The second kappa shape index (κ2) is 14.9. The van der Waals surface area contributed by atoms with Crippen LogP contribution >= 0.6 is 11.6 Å². The molecule has 17 heteroatoms. The van der Waals surface area contributed by atoms with Crippen molar-refractivity contribution in [1.82, 2.24) is 20.2 Å². The molecule has 0 aliphatic carbocycles. The highest BCUT2D eigenvalue weighted by molar-refractivity contribution is 6.32. The van der Waals surface area contributed by atoms with E-state index in [2.05, 4.69) is 25.9 Å². The Morgan fingerprint density at radius 2 is 1.80 bits per heavy atom. The van der Waals surface area contributed by atoms with Crippen molar-refractivity contribution in [2.24, 2.45) is 0 Å². The van der Waals surface area contributed by atoms with Crippen molar-refractivity contribution in [2.75, 3.05) is 44.4 Å². The molecule has 242 valence electrons. The number of carbonyl (C=O) groups is 2. The van der Waals surface area contributed by atoms with Crippen molar-refractivity contribution >= 4 is 46.9 Å². The summed E-state index contributed by atoms with van der Waals surface area (Å²) in [6.45, 7) is 1.77. The molecule has 0 spiro atoms. The van der Waals surface area contributed by atoms with Crippen molar-refractivity contribution in [3.63, 3.8) is 0 Å². The smallest absolute Gasteiger partial charge is 0.475 e. The summed E-state index contributed by atoms with van der Waals surface area (Å²) in [5.41, 5.74) is 0.946. The molecule has 1 aliphatic rings. The summed E-state index contributed by atoms with van der Waals surface area (Å²) >= 11 is 6.38. The van der Waals surface area contributed by atoms with Crippen LogP contribution in [0.3, 0.4) is 0 Å². The summed E-state index contributed by atoms with van der Waals surface area (Å²) in [7, 11) is 3.87. The molecule has 1 aromatic heterocycles. The number of carboxylic acid groups (broad SMARTS) is 1. The van der Waals surface area contributed by atoms with E-state index in [4.69, 9.17) is 26.2 Å². The van der Waals surface area contributed by atoms with Gasteiger partial charge in [0.25, 0.3) is 0 Å². The Hall–Kier alpha value is -4.57. The number of nitrogens with zero attached hydrogens (tertiary/aromatic N) is 3. The number of hydrogen-bond donors (Lipinski definition) is 4. The maximum absolute atomic E-state index is 13.0. The minimum absolute atomic E-state index is 0.0103. The lowest BCUT2D eigenvalue weighted by atomic mass is 10.1. The molecule has 45 heavy (non-hydrogen) atoms. The summed E-state index contributed by atoms with van der Waals surface area (Å²) in [4.78, 5) is 32.2. The van der Waals surface area contributed by atoms with Crippen LogP contribution in [0.15, 0.2) is 54.4 Å². The Balaban J connectivity index is 0.000000707. The van der Waals surface area contributed by atoms with E-state index >= 15 is 0 Å². The maximum atomic E-state index is 13.0. The number of benzene rings is 2. The van der Waals surface area contributed by atoms with E-state index < -0.39 is 23.9 Å². The fourth-order valence-electron chi connectivity index (χ4n) is 3.68. The average Bonchev–Trinajstić information content (AvgIpc) is 3.17. The lowest BCUT2D eigenvalue weighted by molar-refractivity contribution is -0.192. The highest BCUT2D eigenvalue weighted by Gasteiger charge is 2.38. The van der Waals surface area contributed by atoms with Crippen LogP contribution in [0.1, 0.15) is 17.5 Å². The number of hydrogen-bond acceptors (Lipinski definition) is 8. The molecule has 0 radical (unpaired) electrons. The quantitative estimate of drug-likeness (QED) is 0.209. The second-order valence-corrected chi connectivity index (χ2v) is 10.00. The van der Waals surface area contributed by atoms with Crippen LogP contribution in [-0.2, 0) is 15.8 Å². The first-order valence-electron chi connectivity index (χ1n) is 13.0. The molecule has 2 heterocycles. The highest BCUT2D eigenvalue weighted by atomic mass is 35.5. The molecule has 0 unspecified atom stereocenters. The number of likely N-dealkylation sites (N-methyl/N-ethyl adjacent to an activating group) is 1. The highest BCUT2D eigenvalue weighted by Crippen LogP contribution is 2.36. The third-order valence-electron chi connectivity index (χ3n) is 5.85. The van der Waals surface area contributed by atoms with Crippen LogP contribution in [0.25, 0.3) is 6.08 Å². The standard InChI is InChI=1S/C26H26ClF3N6O2.C2HF3O2/c1-36(2)11-10-32-25(37)16-8-9-31-23-20(12-16)24(34-15-33-23)35-18-6-7-22(21(27)14-18)38-19-5-3-4-17(13-19)26(28,29)30;3-2(4,5)1(6)7/h3-7,12-15H,8-11H2,1-2H3,(H,32,37)(H2,31,33,34,35);(H,6,7). The SMILES string of the molecule is CN(C)CCNC(=O)C1=Cc2c(ncnc2Nc2ccc(Oc3cccc(C(F)(F)F)c3)c(Cl)c2)NCC1.O=C(O)C(F)(F)F. The van der Waals surface area contributed by atoms with E-state index in [0.717, 1.165) is 18.7 Å². The summed E-state index contributed by atoms with van der Waals surface area (Å²) in [6, 6.07) is 9.33. The predicted octanol–water partition coefficient (Wildman–Crippen LogP) is 6.19. The summed E-state index contributed by atoms with van der Waals surface area (Å²) < 4.78 is 76.4. The van der Waals surface area contributed by atoms with Gasteiger partial charge in [-0.3, -0.25) is 4.79 Å². The molecule has 4 N–H and O–H groups in total. The first-order chi connectivity index (χ1) is 21.0. The van der Waals surface area contributed by atoms with Crippen molar-refractivity contribution in [3.05, 3.63) is 70.5 Å².